The molecule has 25 heavy (non-hydrogen) atoms. The maximum absolute atomic E-state index is 3.73. The molecule has 130 valence electrons. The van der Waals surface area contributed by atoms with E-state index in [0.717, 1.165) is 25.8 Å². The van der Waals surface area contributed by atoms with Crippen LogP contribution in [0.3, 0.4) is 0 Å². The number of rotatable bonds is 9. The van der Waals surface area contributed by atoms with Gasteiger partial charge in [-0.25, -0.2) is 0 Å². The molecule has 0 spiro atoms. The Kier molecular flexibility index (Phi) is 7.94. The van der Waals surface area contributed by atoms with Crippen molar-refractivity contribution in [1.29, 1.82) is 0 Å². The van der Waals surface area contributed by atoms with Crippen molar-refractivity contribution < 1.29 is 0 Å². The van der Waals surface area contributed by atoms with Crippen molar-refractivity contribution in [3.8, 4) is 0 Å². The maximum atomic E-state index is 3.73. The molecule has 0 amide bonds. The third kappa shape index (κ3) is 6.56. The quantitative estimate of drug-likeness (QED) is 0.617. The van der Waals surface area contributed by atoms with Gasteiger partial charge in [0.05, 0.1) is 0 Å². The standard InChI is InChI=1S/C24H29N/c1-4-6-8-20(5-2)17-22-11-13-23(14-12-22)19-24-10-7-9-21(18-24)15-16-25-3/h4-14,18,25H,1,15-17,19H2,2-3H3/b8-6-,20-5-. The molecular formula is C24H29N. The van der Waals surface area contributed by atoms with Crippen molar-refractivity contribution in [1.82, 2.24) is 5.32 Å². The van der Waals surface area contributed by atoms with Crippen LogP contribution in [0.25, 0.3) is 0 Å². The largest absolute Gasteiger partial charge is 0.319 e. The Labute approximate surface area is 152 Å². The summed E-state index contributed by atoms with van der Waals surface area (Å²) in [7, 11) is 2.00. The van der Waals surface area contributed by atoms with Crippen LogP contribution in [0.1, 0.15) is 29.2 Å². The first-order valence-corrected chi connectivity index (χ1v) is 8.99. The first-order chi connectivity index (χ1) is 12.2. The van der Waals surface area contributed by atoms with Gasteiger partial charge in [0.2, 0.25) is 0 Å². The molecule has 0 fully saturated rings. The van der Waals surface area contributed by atoms with E-state index in [1.165, 1.54) is 27.8 Å². The second-order valence-corrected chi connectivity index (χ2v) is 6.30. The Hall–Kier alpha value is -2.38. The van der Waals surface area contributed by atoms with Gasteiger partial charge < -0.3 is 5.32 Å². The number of nitrogens with one attached hydrogen (secondary N) is 1. The smallest absolute Gasteiger partial charge is 0.00114 e. The van der Waals surface area contributed by atoms with E-state index in [1.54, 1.807) is 0 Å². The van der Waals surface area contributed by atoms with E-state index in [-0.39, 0.29) is 0 Å². The van der Waals surface area contributed by atoms with Gasteiger partial charge in [0, 0.05) is 0 Å². The highest BCUT2D eigenvalue weighted by molar-refractivity contribution is 5.34. The Morgan fingerprint density at radius 3 is 2.40 bits per heavy atom. The summed E-state index contributed by atoms with van der Waals surface area (Å²) in [5.74, 6) is 0. The molecule has 0 aliphatic carbocycles. The summed E-state index contributed by atoms with van der Waals surface area (Å²) in [5.41, 5.74) is 6.79. The van der Waals surface area contributed by atoms with E-state index in [4.69, 9.17) is 0 Å². The minimum Gasteiger partial charge on any atom is -0.319 e. The zero-order valence-corrected chi connectivity index (χ0v) is 15.5. The van der Waals surface area contributed by atoms with Crippen LogP contribution in [0.15, 0.2) is 85.0 Å². The molecule has 0 heterocycles. The molecule has 2 rings (SSSR count). The number of likely N-dealkylation sites (N-methyl/N-ethyl adjacent to an activating group) is 1. The van der Waals surface area contributed by atoms with E-state index in [9.17, 15) is 0 Å². The number of hydrogen-bond acceptors (Lipinski definition) is 1. The van der Waals surface area contributed by atoms with Crippen molar-refractivity contribution in [2.75, 3.05) is 13.6 Å². The molecule has 0 saturated heterocycles. The summed E-state index contributed by atoms with van der Waals surface area (Å²) in [4.78, 5) is 0. The fraction of sp³-hybridized carbons (Fsp3) is 0.250. The van der Waals surface area contributed by atoms with Crippen LogP contribution in [0.5, 0.6) is 0 Å². The molecule has 0 saturated carbocycles. The van der Waals surface area contributed by atoms with E-state index < -0.39 is 0 Å². The van der Waals surface area contributed by atoms with Crippen molar-refractivity contribution in [2.45, 2.75) is 26.2 Å². The van der Waals surface area contributed by atoms with Crippen molar-refractivity contribution in [2.24, 2.45) is 0 Å². The lowest BCUT2D eigenvalue weighted by molar-refractivity contribution is 0.791. The average Bonchev–Trinajstić information content (AvgIpc) is 2.65. The van der Waals surface area contributed by atoms with Crippen molar-refractivity contribution in [3.05, 3.63) is 107 Å². The first kappa shape index (κ1) is 19.0. The van der Waals surface area contributed by atoms with Crippen LogP contribution < -0.4 is 5.32 Å². The van der Waals surface area contributed by atoms with Crippen LogP contribution >= 0.6 is 0 Å². The van der Waals surface area contributed by atoms with Gasteiger partial charge >= 0.3 is 0 Å². The van der Waals surface area contributed by atoms with E-state index in [0.29, 0.717) is 0 Å². The van der Waals surface area contributed by atoms with E-state index in [1.807, 2.05) is 19.2 Å². The van der Waals surface area contributed by atoms with Gasteiger partial charge in [-0.15, -0.1) is 0 Å². The van der Waals surface area contributed by atoms with Crippen LogP contribution in [0.2, 0.25) is 0 Å². The van der Waals surface area contributed by atoms with Gasteiger partial charge in [0.25, 0.3) is 0 Å². The lowest BCUT2D eigenvalue weighted by Gasteiger charge is -2.07. The minimum absolute atomic E-state index is 0.959. The highest BCUT2D eigenvalue weighted by Crippen LogP contribution is 2.15. The molecule has 1 nitrogen and oxygen atoms in total. The van der Waals surface area contributed by atoms with Crippen LogP contribution in [-0.4, -0.2) is 13.6 Å². The average molecular weight is 332 g/mol. The molecule has 2 aromatic rings. The maximum Gasteiger partial charge on any atom is -0.00114 e. The highest BCUT2D eigenvalue weighted by Gasteiger charge is 2.01. The molecule has 0 aromatic heterocycles. The summed E-state index contributed by atoms with van der Waals surface area (Å²) in [6.07, 6.45) is 11.1. The zero-order chi connectivity index (χ0) is 17.9. The minimum atomic E-state index is 0.959. The Morgan fingerprint density at radius 1 is 1.00 bits per heavy atom. The topological polar surface area (TPSA) is 12.0 Å². The summed E-state index contributed by atoms with van der Waals surface area (Å²) < 4.78 is 0. The summed E-state index contributed by atoms with van der Waals surface area (Å²) in [5, 5.41) is 3.21. The molecule has 0 aliphatic heterocycles. The summed E-state index contributed by atoms with van der Waals surface area (Å²) >= 11 is 0. The summed E-state index contributed by atoms with van der Waals surface area (Å²) in [6.45, 7) is 6.83. The van der Waals surface area contributed by atoms with E-state index in [2.05, 4.69) is 79.5 Å². The fourth-order valence-electron chi connectivity index (χ4n) is 2.86. The fourth-order valence-corrected chi connectivity index (χ4v) is 2.86. The Morgan fingerprint density at radius 2 is 1.72 bits per heavy atom. The Bertz CT molecular complexity index is 720. The van der Waals surface area contributed by atoms with Gasteiger partial charge in [-0.1, -0.05) is 79.4 Å². The molecule has 0 bridgehead atoms. The molecule has 2 aromatic carbocycles. The van der Waals surface area contributed by atoms with Gasteiger partial charge in [-0.2, -0.15) is 0 Å². The summed E-state index contributed by atoms with van der Waals surface area (Å²) in [6, 6.07) is 17.9. The predicted molar refractivity (Wildman–Crippen MR) is 110 cm³/mol. The molecule has 0 aliphatic rings. The van der Waals surface area contributed by atoms with Crippen LogP contribution in [-0.2, 0) is 19.3 Å². The second-order valence-electron chi connectivity index (χ2n) is 6.30. The monoisotopic (exact) mass is 331 g/mol. The molecule has 0 atom stereocenters. The van der Waals surface area contributed by atoms with Crippen molar-refractivity contribution >= 4 is 0 Å². The third-order valence-electron chi connectivity index (χ3n) is 4.31. The van der Waals surface area contributed by atoms with Gasteiger partial charge in [0.1, 0.15) is 0 Å². The van der Waals surface area contributed by atoms with Crippen LogP contribution in [0, 0.1) is 0 Å². The number of benzene rings is 2. The predicted octanol–water partition coefficient (Wildman–Crippen LogP) is 5.27. The molecular weight excluding hydrogens is 302 g/mol. The highest BCUT2D eigenvalue weighted by atomic mass is 14.8. The van der Waals surface area contributed by atoms with E-state index >= 15 is 0 Å². The number of allylic oxidation sites excluding steroid dienone is 5. The second kappa shape index (κ2) is 10.5. The Balaban J connectivity index is 2.00. The first-order valence-electron chi connectivity index (χ1n) is 8.99. The van der Waals surface area contributed by atoms with Crippen LogP contribution in [0.4, 0.5) is 0 Å². The lowest BCUT2D eigenvalue weighted by atomic mass is 9.98. The van der Waals surface area contributed by atoms with Gasteiger partial charge in [-0.05, 0) is 67.6 Å². The third-order valence-corrected chi connectivity index (χ3v) is 4.31. The molecule has 0 radical (unpaired) electrons. The molecule has 1 N–H and O–H groups in total. The molecule has 0 unspecified atom stereocenters. The number of hydrogen-bond donors (Lipinski definition) is 1. The van der Waals surface area contributed by atoms with Gasteiger partial charge in [0.15, 0.2) is 0 Å². The molecule has 1 heteroatoms. The lowest BCUT2D eigenvalue weighted by Crippen LogP contribution is -2.10. The normalized spacial score (nSPS) is 11.8. The SMILES string of the molecule is C=C/C=C\C(=C\C)Cc1ccc(Cc2cccc(CCNC)c2)cc1. The van der Waals surface area contributed by atoms with Gasteiger partial charge in [-0.3, -0.25) is 0 Å². The zero-order valence-electron chi connectivity index (χ0n) is 15.5. The van der Waals surface area contributed by atoms with Crippen molar-refractivity contribution in [3.63, 3.8) is 0 Å².